The summed E-state index contributed by atoms with van der Waals surface area (Å²) in [4.78, 5) is 15.7. The predicted molar refractivity (Wildman–Crippen MR) is 95.0 cm³/mol. The first-order chi connectivity index (χ1) is 12.6. The highest BCUT2D eigenvalue weighted by Gasteiger charge is 2.49. The van der Waals surface area contributed by atoms with Gasteiger partial charge in [0.1, 0.15) is 17.8 Å². The molecule has 0 spiro atoms. The quantitative estimate of drug-likeness (QED) is 0.683. The number of benzene rings is 2. The maximum Gasteiger partial charge on any atom is 0.309 e. The van der Waals surface area contributed by atoms with Crippen molar-refractivity contribution in [1.82, 2.24) is 4.98 Å². The van der Waals surface area contributed by atoms with Gasteiger partial charge in [-0.05, 0) is 42.5 Å². The van der Waals surface area contributed by atoms with E-state index in [4.69, 9.17) is 4.42 Å². The first-order valence-corrected chi connectivity index (χ1v) is 8.60. The molecule has 0 atom stereocenters. The van der Waals surface area contributed by atoms with Gasteiger partial charge in [-0.3, -0.25) is 4.79 Å². The van der Waals surface area contributed by atoms with E-state index >= 15 is 0 Å². The van der Waals surface area contributed by atoms with E-state index in [1.165, 1.54) is 12.1 Å². The summed E-state index contributed by atoms with van der Waals surface area (Å²) in [6.07, 6.45) is 4.16. The van der Waals surface area contributed by atoms with E-state index in [2.05, 4.69) is 4.98 Å². The van der Waals surface area contributed by atoms with Crippen molar-refractivity contribution in [1.29, 1.82) is 0 Å². The number of aliphatic carboxylic acids is 1. The van der Waals surface area contributed by atoms with E-state index in [1.807, 2.05) is 24.3 Å². The van der Waals surface area contributed by atoms with E-state index in [1.54, 1.807) is 18.4 Å². The molecule has 1 heterocycles. The van der Waals surface area contributed by atoms with Crippen molar-refractivity contribution < 1.29 is 18.7 Å². The molecule has 1 N–H and O–H groups in total. The summed E-state index contributed by atoms with van der Waals surface area (Å²) in [6, 6.07) is 14.2. The number of hydrogen-bond acceptors (Lipinski definition) is 3. The molecule has 132 valence electrons. The molecular weight excluding hydrogens is 333 g/mol. The van der Waals surface area contributed by atoms with Gasteiger partial charge in [-0.2, -0.15) is 0 Å². The van der Waals surface area contributed by atoms with Gasteiger partial charge in [0.15, 0.2) is 5.89 Å². The number of carboxylic acids is 1. The second kappa shape index (κ2) is 6.41. The third-order valence-corrected chi connectivity index (χ3v) is 5.03. The largest absolute Gasteiger partial charge is 0.481 e. The summed E-state index contributed by atoms with van der Waals surface area (Å²) in [6.45, 7) is 0. The Morgan fingerprint density at radius 3 is 2.19 bits per heavy atom. The first kappa shape index (κ1) is 16.5. The van der Waals surface area contributed by atoms with Crippen molar-refractivity contribution in [2.45, 2.75) is 25.7 Å². The maximum atomic E-state index is 13.0. The summed E-state index contributed by atoms with van der Waals surface area (Å²) in [5.74, 6) is -0.410. The first-order valence-electron chi connectivity index (χ1n) is 8.60. The topological polar surface area (TPSA) is 63.3 Å². The lowest BCUT2D eigenvalue weighted by Crippen LogP contribution is -2.15. The van der Waals surface area contributed by atoms with Gasteiger partial charge >= 0.3 is 5.97 Å². The molecule has 0 amide bonds. The van der Waals surface area contributed by atoms with Crippen molar-refractivity contribution in [3.63, 3.8) is 0 Å². The van der Waals surface area contributed by atoms with Crippen molar-refractivity contribution >= 4 is 5.97 Å². The molecule has 1 aliphatic rings. The fourth-order valence-corrected chi connectivity index (χ4v) is 3.10. The van der Waals surface area contributed by atoms with Crippen LogP contribution in [0.1, 0.15) is 25.2 Å². The smallest absolute Gasteiger partial charge is 0.309 e. The van der Waals surface area contributed by atoms with Crippen LogP contribution in [0.5, 0.6) is 0 Å². The van der Waals surface area contributed by atoms with Crippen LogP contribution in [-0.4, -0.2) is 16.1 Å². The van der Waals surface area contributed by atoms with E-state index in [0.29, 0.717) is 18.7 Å². The van der Waals surface area contributed by atoms with Crippen LogP contribution in [0, 0.1) is 11.2 Å². The van der Waals surface area contributed by atoms with Crippen molar-refractivity contribution in [2.75, 3.05) is 0 Å². The zero-order valence-electron chi connectivity index (χ0n) is 14.1. The van der Waals surface area contributed by atoms with Gasteiger partial charge in [-0.25, -0.2) is 9.37 Å². The van der Waals surface area contributed by atoms with E-state index in [-0.39, 0.29) is 5.82 Å². The van der Waals surface area contributed by atoms with E-state index in [9.17, 15) is 14.3 Å². The highest BCUT2D eigenvalue weighted by Crippen LogP contribution is 2.49. The molecule has 1 fully saturated rings. The summed E-state index contributed by atoms with van der Waals surface area (Å²) in [7, 11) is 0. The molecular formula is C21H18FNO3. The maximum absolute atomic E-state index is 13.0. The van der Waals surface area contributed by atoms with E-state index < -0.39 is 11.4 Å². The molecule has 0 unspecified atom stereocenters. The summed E-state index contributed by atoms with van der Waals surface area (Å²) < 4.78 is 18.5. The Labute approximate surface area is 150 Å². The minimum atomic E-state index is -0.722. The normalized spacial score (nSPS) is 15.0. The Morgan fingerprint density at radius 2 is 1.62 bits per heavy atom. The van der Waals surface area contributed by atoms with Gasteiger partial charge in [0.25, 0.3) is 0 Å². The van der Waals surface area contributed by atoms with Crippen LogP contribution in [0.4, 0.5) is 4.39 Å². The lowest BCUT2D eigenvalue weighted by atomic mass is 10.0. The SMILES string of the molecule is O=C(O)C1(CCc2nc(-c3ccc(-c4ccc(F)cc4)cc3)co2)CC1. The lowest BCUT2D eigenvalue weighted by Gasteiger charge is -2.06. The summed E-state index contributed by atoms with van der Waals surface area (Å²) in [5, 5.41) is 9.23. The van der Waals surface area contributed by atoms with Crippen LogP contribution in [0.3, 0.4) is 0 Å². The Kier molecular flexibility index (Phi) is 4.07. The van der Waals surface area contributed by atoms with Crippen LogP contribution in [0.25, 0.3) is 22.4 Å². The van der Waals surface area contributed by atoms with Gasteiger partial charge in [0, 0.05) is 12.0 Å². The third kappa shape index (κ3) is 3.25. The standard InChI is InChI=1S/C21H18FNO3/c22-17-7-5-15(6-8-17)14-1-3-16(4-2-14)18-13-26-19(23-18)9-10-21(11-12-21)20(24)25/h1-8,13H,9-12H2,(H,24,25). The molecule has 4 rings (SSSR count). The van der Waals surface area contributed by atoms with E-state index in [0.717, 1.165) is 35.2 Å². The Bertz CT molecular complexity index is 925. The number of aryl methyl sites for hydroxylation is 1. The van der Waals surface area contributed by atoms with Gasteiger partial charge in [-0.15, -0.1) is 0 Å². The molecule has 0 saturated heterocycles. The molecule has 1 aliphatic carbocycles. The fourth-order valence-electron chi connectivity index (χ4n) is 3.10. The molecule has 1 aromatic heterocycles. The van der Waals surface area contributed by atoms with Crippen molar-refractivity contribution in [3.8, 4) is 22.4 Å². The van der Waals surface area contributed by atoms with Crippen LogP contribution in [-0.2, 0) is 11.2 Å². The third-order valence-electron chi connectivity index (χ3n) is 5.03. The van der Waals surface area contributed by atoms with Crippen LogP contribution in [0.2, 0.25) is 0 Å². The number of hydrogen-bond donors (Lipinski definition) is 1. The van der Waals surface area contributed by atoms with Crippen LogP contribution in [0.15, 0.2) is 59.2 Å². The van der Waals surface area contributed by atoms with Crippen LogP contribution < -0.4 is 0 Å². The summed E-state index contributed by atoms with van der Waals surface area (Å²) in [5.41, 5.74) is 3.03. The summed E-state index contributed by atoms with van der Waals surface area (Å²) >= 11 is 0. The van der Waals surface area contributed by atoms with Gasteiger partial charge in [0.05, 0.1) is 5.41 Å². The van der Waals surface area contributed by atoms with Gasteiger partial charge in [-0.1, -0.05) is 36.4 Å². The minimum Gasteiger partial charge on any atom is -0.481 e. The van der Waals surface area contributed by atoms with Crippen LogP contribution >= 0.6 is 0 Å². The molecule has 1 saturated carbocycles. The molecule has 0 bridgehead atoms. The molecule has 5 heteroatoms. The Hall–Kier alpha value is -2.95. The second-order valence-electron chi connectivity index (χ2n) is 6.80. The minimum absolute atomic E-state index is 0.253. The number of rotatable bonds is 6. The molecule has 4 nitrogen and oxygen atoms in total. The van der Waals surface area contributed by atoms with Gasteiger partial charge in [0.2, 0.25) is 0 Å². The number of carbonyl (C=O) groups is 1. The molecule has 0 aliphatic heterocycles. The fraction of sp³-hybridized carbons (Fsp3) is 0.238. The second-order valence-corrected chi connectivity index (χ2v) is 6.80. The number of carboxylic acid groups (broad SMARTS) is 1. The molecule has 2 aromatic carbocycles. The number of aromatic nitrogens is 1. The Balaban J connectivity index is 1.45. The highest BCUT2D eigenvalue weighted by atomic mass is 19.1. The highest BCUT2D eigenvalue weighted by molar-refractivity contribution is 5.77. The predicted octanol–water partition coefficient (Wildman–Crippen LogP) is 4.95. The molecule has 26 heavy (non-hydrogen) atoms. The number of nitrogens with zero attached hydrogens (tertiary/aromatic N) is 1. The van der Waals surface area contributed by atoms with Crippen molar-refractivity contribution in [2.24, 2.45) is 5.41 Å². The lowest BCUT2D eigenvalue weighted by molar-refractivity contribution is -0.143. The number of halogens is 1. The molecule has 3 aromatic rings. The Morgan fingerprint density at radius 1 is 1.04 bits per heavy atom. The van der Waals surface area contributed by atoms with Gasteiger partial charge < -0.3 is 9.52 Å². The molecule has 0 radical (unpaired) electrons. The zero-order chi connectivity index (χ0) is 18.1. The van der Waals surface area contributed by atoms with Crippen molar-refractivity contribution in [3.05, 3.63) is 66.5 Å². The average Bonchev–Trinajstić information content (AvgIpc) is 3.31. The zero-order valence-corrected chi connectivity index (χ0v) is 14.1. The number of oxazole rings is 1. The monoisotopic (exact) mass is 351 g/mol. The average molecular weight is 351 g/mol.